The van der Waals surface area contributed by atoms with Gasteiger partial charge in [-0.05, 0) is 29.8 Å². The van der Waals surface area contributed by atoms with Gasteiger partial charge in [0.25, 0.3) is 0 Å². The maximum atomic E-state index is 12.0. The molecule has 1 N–H and O–H groups in total. The summed E-state index contributed by atoms with van der Waals surface area (Å²) >= 11 is 2.88. The number of nitrogens with one attached hydrogen (secondary N) is 1. The van der Waals surface area contributed by atoms with E-state index in [1.165, 1.54) is 23.1 Å². The van der Waals surface area contributed by atoms with Crippen molar-refractivity contribution in [1.82, 2.24) is 4.98 Å². The molecule has 1 aromatic heterocycles. The Labute approximate surface area is 148 Å². The summed E-state index contributed by atoms with van der Waals surface area (Å²) in [7, 11) is 0. The number of anilines is 1. The highest BCUT2D eigenvalue weighted by atomic mass is 32.2. The molecule has 3 rings (SSSR count). The number of carbonyl (C=O) groups excluding carboxylic acids is 1. The number of nitriles is 1. The van der Waals surface area contributed by atoms with Crippen LogP contribution in [-0.2, 0) is 4.79 Å². The Morgan fingerprint density at radius 1 is 1.17 bits per heavy atom. The molecule has 0 unspecified atom stereocenters. The highest BCUT2D eigenvalue weighted by molar-refractivity contribution is 8.00. The summed E-state index contributed by atoms with van der Waals surface area (Å²) < 4.78 is 0. The second-order valence-electron chi connectivity index (χ2n) is 4.87. The van der Waals surface area contributed by atoms with Crippen molar-refractivity contribution in [2.24, 2.45) is 0 Å². The zero-order valence-electron chi connectivity index (χ0n) is 12.6. The Kier molecular flexibility index (Phi) is 5.26. The fraction of sp³-hybridized carbons (Fsp3) is 0.0556. The van der Waals surface area contributed by atoms with Gasteiger partial charge in [0.15, 0.2) is 5.13 Å². The summed E-state index contributed by atoms with van der Waals surface area (Å²) in [6.07, 6.45) is 1.77. The average Bonchev–Trinajstić information content (AvgIpc) is 3.09. The van der Waals surface area contributed by atoms with Gasteiger partial charge in [-0.1, -0.05) is 41.7 Å². The molecule has 0 atom stereocenters. The topological polar surface area (TPSA) is 65.8 Å². The summed E-state index contributed by atoms with van der Waals surface area (Å²) in [5.74, 6) is 0.199. The lowest BCUT2D eigenvalue weighted by Crippen LogP contribution is -2.13. The Morgan fingerprint density at radius 2 is 1.92 bits per heavy atom. The van der Waals surface area contributed by atoms with E-state index in [1.807, 2.05) is 42.5 Å². The molecule has 1 amide bonds. The average molecular weight is 351 g/mol. The molecule has 0 aliphatic rings. The molecule has 4 nitrogen and oxygen atoms in total. The molecule has 6 heteroatoms. The number of thiazole rings is 1. The quantitative estimate of drug-likeness (QED) is 0.691. The van der Waals surface area contributed by atoms with Crippen LogP contribution in [0.5, 0.6) is 0 Å². The highest BCUT2D eigenvalue weighted by Gasteiger charge is 2.08. The van der Waals surface area contributed by atoms with Crippen LogP contribution in [-0.4, -0.2) is 16.6 Å². The molecule has 0 fully saturated rings. The molecule has 2 aromatic carbocycles. The van der Waals surface area contributed by atoms with E-state index in [1.54, 1.807) is 18.3 Å². The van der Waals surface area contributed by atoms with Crippen LogP contribution in [0, 0.1) is 11.3 Å². The monoisotopic (exact) mass is 351 g/mol. The number of rotatable bonds is 5. The first kappa shape index (κ1) is 16.2. The Balaban J connectivity index is 1.55. The van der Waals surface area contributed by atoms with Crippen molar-refractivity contribution in [3.05, 3.63) is 66.4 Å². The fourth-order valence-electron chi connectivity index (χ4n) is 2.00. The first-order chi connectivity index (χ1) is 11.7. The molecule has 24 heavy (non-hydrogen) atoms. The van der Waals surface area contributed by atoms with E-state index in [0.29, 0.717) is 16.4 Å². The summed E-state index contributed by atoms with van der Waals surface area (Å²) in [6, 6.07) is 19.2. The van der Waals surface area contributed by atoms with E-state index in [2.05, 4.69) is 16.4 Å². The van der Waals surface area contributed by atoms with Crippen molar-refractivity contribution in [3.8, 4) is 16.5 Å². The van der Waals surface area contributed by atoms with E-state index >= 15 is 0 Å². The smallest absolute Gasteiger partial charge is 0.236 e. The van der Waals surface area contributed by atoms with Gasteiger partial charge >= 0.3 is 0 Å². The van der Waals surface area contributed by atoms with Gasteiger partial charge in [0.2, 0.25) is 5.91 Å². The maximum Gasteiger partial charge on any atom is 0.236 e. The van der Waals surface area contributed by atoms with Gasteiger partial charge < -0.3 is 5.32 Å². The Bertz CT molecular complexity index is 867. The third-order valence-electron chi connectivity index (χ3n) is 3.16. The standard InChI is InChI=1S/C18H13N3OS2/c19-10-13-6-8-15(9-7-13)23-12-17(22)21-18-20-11-16(24-18)14-4-2-1-3-5-14/h1-9,11H,12H2,(H,20,21,22). The van der Waals surface area contributed by atoms with Crippen LogP contribution in [0.2, 0.25) is 0 Å². The molecule has 0 spiro atoms. The maximum absolute atomic E-state index is 12.0. The largest absolute Gasteiger partial charge is 0.301 e. The molecule has 0 aliphatic carbocycles. The minimum Gasteiger partial charge on any atom is -0.301 e. The normalized spacial score (nSPS) is 10.1. The lowest BCUT2D eigenvalue weighted by atomic mass is 10.2. The first-order valence-electron chi connectivity index (χ1n) is 7.18. The predicted molar refractivity (Wildman–Crippen MR) is 98.1 cm³/mol. The second kappa shape index (κ2) is 7.77. The van der Waals surface area contributed by atoms with E-state index in [9.17, 15) is 4.79 Å². The Hall–Kier alpha value is -2.62. The SMILES string of the molecule is N#Cc1ccc(SCC(=O)Nc2ncc(-c3ccccc3)s2)cc1. The highest BCUT2D eigenvalue weighted by Crippen LogP contribution is 2.28. The van der Waals surface area contributed by atoms with E-state index < -0.39 is 0 Å². The molecule has 0 aliphatic heterocycles. The van der Waals surface area contributed by atoms with Gasteiger partial charge in [0, 0.05) is 11.1 Å². The van der Waals surface area contributed by atoms with Gasteiger partial charge in [0.05, 0.1) is 22.3 Å². The van der Waals surface area contributed by atoms with E-state index in [4.69, 9.17) is 5.26 Å². The van der Waals surface area contributed by atoms with Crippen LogP contribution in [0.1, 0.15) is 5.56 Å². The van der Waals surface area contributed by atoms with Crippen LogP contribution in [0.25, 0.3) is 10.4 Å². The first-order valence-corrected chi connectivity index (χ1v) is 8.99. The van der Waals surface area contributed by atoms with Crippen LogP contribution < -0.4 is 5.32 Å². The van der Waals surface area contributed by atoms with Gasteiger partial charge in [-0.25, -0.2) is 4.98 Å². The number of aromatic nitrogens is 1. The van der Waals surface area contributed by atoms with Crippen LogP contribution in [0.3, 0.4) is 0 Å². The van der Waals surface area contributed by atoms with Crippen molar-refractivity contribution in [2.75, 3.05) is 11.1 Å². The lowest BCUT2D eigenvalue weighted by molar-refractivity contribution is -0.113. The second-order valence-corrected chi connectivity index (χ2v) is 6.95. The predicted octanol–water partition coefficient (Wildman–Crippen LogP) is 4.41. The molecule has 0 saturated heterocycles. The third-order valence-corrected chi connectivity index (χ3v) is 5.14. The van der Waals surface area contributed by atoms with Gasteiger partial charge in [-0.15, -0.1) is 11.8 Å². The van der Waals surface area contributed by atoms with Crippen molar-refractivity contribution in [2.45, 2.75) is 4.90 Å². The molecule has 1 heterocycles. The number of hydrogen-bond donors (Lipinski definition) is 1. The molecule has 0 saturated carbocycles. The van der Waals surface area contributed by atoms with Gasteiger partial charge in [-0.2, -0.15) is 5.26 Å². The molecular formula is C18H13N3OS2. The van der Waals surface area contributed by atoms with Crippen molar-refractivity contribution >= 4 is 34.1 Å². The van der Waals surface area contributed by atoms with Gasteiger partial charge in [-0.3, -0.25) is 4.79 Å². The summed E-state index contributed by atoms with van der Waals surface area (Å²) in [5.41, 5.74) is 1.70. The molecule has 0 radical (unpaired) electrons. The molecule has 3 aromatic rings. The summed E-state index contributed by atoms with van der Waals surface area (Å²) in [6.45, 7) is 0. The van der Waals surface area contributed by atoms with Crippen molar-refractivity contribution < 1.29 is 4.79 Å². The molecular weight excluding hydrogens is 338 g/mol. The summed E-state index contributed by atoms with van der Waals surface area (Å²) in [5, 5.41) is 12.2. The van der Waals surface area contributed by atoms with Crippen LogP contribution in [0.15, 0.2) is 65.7 Å². The van der Waals surface area contributed by atoms with E-state index in [-0.39, 0.29) is 5.91 Å². The van der Waals surface area contributed by atoms with Crippen LogP contribution >= 0.6 is 23.1 Å². The number of hydrogen-bond acceptors (Lipinski definition) is 5. The molecule has 118 valence electrons. The number of amides is 1. The molecule has 0 bridgehead atoms. The van der Waals surface area contributed by atoms with Gasteiger partial charge in [0.1, 0.15) is 0 Å². The lowest BCUT2D eigenvalue weighted by Gasteiger charge is -2.02. The Morgan fingerprint density at radius 3 is 2.62 bits per heavy atom. The van der Waals surface area contributed by atoms with Crippen molar-refractivity contribution in [1.29, 1.82) is 5.26 Å². The number of carbonyl (C=O) groups is 1. The van der Waals surface area contributed by atoms with Crippen molar-refractivity contribution in [3.63, 3.8) is 0 Å². The minimum atomic E-state index is -0.0988. The zero-order valence-corrected chi connectivity index (χ0v) is 14.2. The summed E-state index contributed by atoms with van der Waals surface area (Å²) in [4.78, 5) is 18.3. The third kappa shape index (κ3) is 4.22. The number of nitrogens with zero attached hydrogens (tertiary/aromatic N) is 2. The fourth-order valence-corrected chi connectivity index (χ4v) is 3.53. The minimum absolute atomic E-state index is 0.0988. The van der Waals surface area contributed by atoms with E-state index in [0.717, 1.165) is 15.3 Å². The number of thioether (sulfide) groups is 1. The number of benzene rings is 2. The zero-order chi connectivity index (χ0) is 16.8. The van der Waals surface area contributed by atoms with Crippen LogP contribution in [0.4, 0.5) is 5.13 Å².